The molecule has 0 radical (unpaired) electrons. The molecule has 0 N–H and O–H groups in total. The first-order chi connectivity index (χ1) is 24.1. The van der Waals surface area contributed by atoms with Crippen molar-refractivity contribution < 1.29 is 22.7 Å². The van der Waals surface area contributed by atoms with Gasteiger partial charge in [-0.3, -0.25) is 9.48 Å². The number of aryl methyl sites for hydroxylation is 6. The minimum atomic E-state index is -4.48. The predicted octanol–water partition coefficient (Wildman–Crippen LogP) is 10.3. The lowest BCUT2D eigenvalue weighted by molar-refractivity contribution is -0.137. The lowest BCUT2D eigenvalue weighted by Gasteiger charge is -2.34. The number of hydrogen-bond acceptors (Lipinski definition) is 3. The Bertz CT molecular complexity index is 2360. The Kier molecular flexibility index (Phi) is 8.70. The maximum Gasteiger partial charge on any atom is 0.416 e. The van der Waals surface area contributed by atoms with Crippen LogP contribution in [0.5, 0.6) is 5.75 Å². The molecule has 6 aromatic rings. The summed E-state index contributed by atoms with van der Waals surface area (Å²) in [6.45, 7) is 10.6. The number of anilines is 1. The first-order valence-corrected chi connectivity index (χ1v) is 17.6. The fourth-order valence-electron chi connectivity index (χ4n) is 7.69. The van der Waals surface area contributed by atoms with E-state index in [0.29, 0.717) is 58.3 Å². The largest absolute Gasteiger partial charge is 0.494 e. The number of fused-ring (bicyclic) bond motifs is 4. The molecule has 3 aromatic heterocycles. The molecule has 0 fully saturated rings. The first kappa shape index (κ1) is 35.0. The summed E-state index contributed by atoms with van der Waals surface area (Å²) >= 11 is 13.4. The highest BCUT2D eigenvalue weighted by Crippen LogP contribution is 2.46. The van der Waals surface area contributed by atoms with Gasteiger partial charge in [-0.25, -0.2) is 0 Å². The second-order valence-electron chi connectivity index (χ2n) is 13.6. The summed E-state index contributed by atoms with van der Waals surface area (Å²) in [6, 6.07) is 11.2. The molecule has 0 saturated heterocycles. The fraction of sp³-hybridized carbons (Fsp3) is 0.333. The molecule has 1 aliphatic rings. The van der Waals surface area contributed by atoms with E-state index in [2.05, 4.69) is 16.6 Å². The number of carbonyl (C=O) groups excluding carboxylic acids is 1. The Hall–Kier alpha value is -4.41. The van der Waals surface area contributed by atoms with Gasteiger partial charge in [0.25, 0.3) is 5.91 Å². The molecule has 1 atom stereocenters. The maximum atomic E-state index is 14.9. The average Bonchev–Trinajstić information content (AvgIpc) is 3.67. The quantitative estimate of drug-likeness (QED) is 0.153. The molecule has 4 heterocycles. The molecule has 1 amide bonds. The van der Waals surface area contributed by atoms with E-state index in [1.165, 1.54) is 6.07 Å². The number of carbonyl (C=O) groups is 1. The highest BCUT2D eigenvalue weighted by atomic mass is 35.5. The van der Waals surface area contributed by atoms with Gasteiger partial charge in [0.2, 0.25) is 0 Å². The number of ether oxygens (including phenoxy) is 1. The number of benzene rings is 3. The van der Waals surface area contributed by atoms with E-state index >= 15 is 0 Å². The SMILES string of the molecule is Cc1cc(OCCCc2c3n(c4c(-c5c(C)nn(C)c5C)c(Cl)ccc24)[C@H](C)CN(c2cn(C)c4cc(C(F)(F)F)ccc24)C3=O)cc(C)c1Cl. The highest BCUT2D eigenvalue weighted by Gasteiger charge is 2.38. The summed E-state index contributed by atoms with van der Waals surface area (Å²) in [5.41, 5.74) is 7.90. The fourth-order valence-corrected chi connectivity index (χ4v) is 8.05. The summed E-state index contributed by atoms with van der Waals surface area (Å²) in [4.78, 5) is 16.6. The third-order valence-corrected chi connectivity index (χ3v) is 11.1. The van der Waals surface area contributed by atoms with E-state index in [9.17, 15) is 18.0 Å². The molecule has 0 bridgehead atoms. The van der Waals surface area contributed by atoms with Crippen LogP contribution in [0, 0.1) is 27.7 Å². The van der Waals surface area contributed by atoms with Gasteiger partial charge < -0.3 is 18.8 Å². The number of rotatable bonds is 7. The Labute approximate surface area is 304 Å². The zero-order valence-electron chi connectivity index (χ0n) is 29.5. The van der Waals surface area contributed by atoms with E-state index in [0.717, 1.165) is 68.0 Å². The standard InChI is InChI=1S/C39H38Cl2F3N5O2/c1-20-15-26(16-21(2)35(20)41)51-14-8-9-27-28-12-13-30(40)34(33-23(4)45-47(7)24(33)5)36(28)49-22(3)18-48(38(50)37(27)49)32-19-46(6)31-17-25(39(42,43)44)10-11-29(31)32/h10-13,15-17,19,22H,8-9,14,18H2,1-7H3/t22-/m1/s1. The van der Waals surface area contributed by atoms with Gasteiger partial charge in [0, 0.05) is 65.5 Å². The summed E-state index contributed by atoms with van der Waals surface area (Å²) in [5, 5.41) is 7.44. The maximum absolute atomic E-state index is 14.9. The summed E-state index contributed by atoms with van der Waals surface area (Å²) in [6.07, 6.45) is -1.59. The van der Waals surface area contributed by atoms with Gasteiger partial charge >= 0.3 is 6.18 Å². The molecular weight excluding hydrogens is 698 g/mol. The van der Waals surface area contributed by atoms with Crippen LogP contribution in [0.4, 0.5) is 18.9 Å². The zero-order chi connectivity index (χ0) is 36.7. The van der Waals surface area contributed by atoms with Gasteiger partial charge in [-0.05, 0) is 94.5 Å². The van der Waals surface area contributed by atoms with Crippen molar-refractivity contribution >= 4 is 56.6 Å². The van der Waals surface area contributed by atoms with Crippen LogP contribution in [-0.2, 0) is 26.7 Å². The van der Waals surface area contributed by atoms with E-state index in [4.69, 9.17) is 27.9 Å². The van der Waals surface area contributed by atoms with Crippen molar-refractivity contribution in [3.8, 4) is 16.9 Å². The van der Waals surface area contributed by atoms with Crippen molar-refractivity contribution in [1.82, 2.24) is 18.9 Å². The molecule has 3 aromatic carbocycles. The van der Waals surface area contributed by atoms with Gasteiger partial charge in [-0.2, -0.15) is 18.3 Å². The summed E-state index contributed by atoms with van der Waals surface area (Å²) in [5.74, 6) is 0.508. The van der Waals surface area contributed by atoms with Crippen LogP contribution in [0.2, 0.25) is 10.0 Å². The van der Waals surface area contributed by atoms with E-state index in [1.807, 2.05) is 63.7 Å². The number of amides is 1. The van der Waals surface area contributed by atoms with Crippen LogP contribution in [-0.4, -0.2) is 38.0 Å². The molecule has 0 unspecified atom stereocenters. The van der Waals surface area contributed by atoms with Gasteiger partial charge in [-0.1, -0.05) is 35.3 Å². The van der Waals surface area contributed by atoms with Crippen molar-refractivity contribution in [2.24, 2.45) is 14.1 Å². The Morgan fingerprint density at radius 1 is 0.961 bits per heavy atom. The van der Waals surface area contributed by atoms with Crippen LogP contribution in [0.1, 0.15) is 63.5 Å². The predicted molar refractivity (Wildman–Crippen MR) is 198 cm³/mol. The van der Waals surface area contributed by atoms with Crippen LogP contribution in [0.25, 0.3) is 32.9 Å². The monoisotopic (exact) mass is 735 g/mol. The zero-order valence-corrected chi connectivity index (χ0v) is 31.0. The summed E-state index contributed by atoms with van der Waals surface area (Å²) in [7, 11) is 3.59. The van der Waals surface area contributed by atoms with E-state index in [-0.39, 0.29) is 11.9 Å². The minimum absolute atomic E-state index is 0.204. The van der Waals surface area contributed by atoms with Crippen LogP contribution >= 0.6 is 23.2 Å². The molecule has 7 rings (SSSR count). The average molecular weight is 737 g/mol. The lowest BCUT2D eigenvalue weighted by atomic mass is 9.98. The molecule has 266 valence electrons. The van der Waals surface area contributed by atoms with Crippen molar-refractivity contribution in [2.75, 3.05) is 18.1 Å². The Morgan fingerprint density at radius 2 is 1.65 bits per heavy atom. The lowest BCUT2D eigenvalue weighted by Crippen LogP contribution is -2.42. The van der Waals surface area contributed by atoms with Crippen molar-refractivity contribution in [3.05, 3.63) is 98.0 Å². The van der Waals surface area contributed by atoms with Crippen molar-refractivity contribution in [1.29, 1.82) is 0 Å². The topological polar surface area (TPSA) is 57.2 Å². The van der Waals surface area contributed by atoms with E-state index < -0.39 is 11.7 Å². The van der Waals surface area contributed by atoms with Gasteiger partial charge in [0.05, 0.1) is 39.6 Å². The van der Waals surface area contributed by atoms with E-state index in [1.54, 1.807) is 22.7 Å². The Balaban J connectivity index is 1.36. The highest BCUT2D eigenvalue weighted by molar-refractivity contribution is 6.35. The molecule has 0 saturated carbocycles. The molecule has 0 aliphatic carbocycles. The smallest absolute Gasteiger partial charge is 0.416 e. The minimum Gasteiger partial charge on any atom is -0.494 e. The number of alkyl halides is 3. The second-order valence-corrected chi connectivity index (χ2v) is 14.4. The number of nitrogens with zero attached hydrogens (tertiary/aromatic N) is 5. The normalized spacial score (nSPS) is 15.0. The van der Waals surface area contributed by atoms with Gasteiger partial charge in [-0.15, -0.1) is 0 Å². The van der Waals surface area contributed by atoms with Gasteiger partial charge in [0.1, 0.15) is 11.4 Å². The molecule has 7 nitrogen and oxygen atoms in total. The molecular formula is C39H38Cl2F3N5O2. The second kappa shape index (κ2) is 12.7. The molecule has 12 heteroatoms. The number of aromatic nitrogens is 4. The first-order valence-electron chi connectivity index (χ1n) is 16.8. The van der Waals surface area contributed by atoms with Crippen molar-refractivity contribution in [2.45, 2.75) is 59.7 Å². The van der Waals surface area contributed by atoms with Crippen molar-refractivity contribution in [3.63, 3.8) is 0 Å². The molecule has 0 spiro atoms. The number of halogens is 5. The third-order valence-electron chi connectivity index (χ3n) is 10.2. The Morgan fingerprint density at radius 3 is 2.29 bits per heavy atom. The van der Waals surface area contributed by atoms with Crippen LogP contribution in [0.3, 0.4) is 0 Å². The number of hydrogen-bond donors (Lipinski definition) is 0. The van der Waals surface area contributed by atoms with Crippen LogP contribution < -0.4 is 9.64 Å². The molecule has 51 heavy (non-hydrogen) atoms. The van der Waals surface area contributed by atoms with Gasteiger partial charge in [0.15, 0.2) is 0 Å². The van der Waals surface area contributed by atoms with Crippen LogP contribution in [0.15, 0.2) is 48.7 Å². The third kappa shape index (κ3) is 5.76. The molecule has 1 aliphatic heterocycles. The summed E-state index contributed by atoms with van der Waals surface area (Å²) < 4.78 is 52.7.